The van der Waals surface area contributed by atoms with Crippen LogP contribution in [0.15, 0.2) is 35.2 Å². The summed E-state index contributed by atoms with van der Waals surface area (Å²) >= 11 is 6.19. The number of carbonyl (C=O) groups is 1. The van der Waals surface area contributed by atoms with Crippen molar-refractivity contribution in [2.45, 2.75) is 31.7 Å². The fourth-order valence-electron chi connectivity index (χ4n) is 2.95. The van der Waals surface area contributed by atoms with Gasteiger partial charge in [-0.1, -0.05) is 41.9 Å². The molecule has 1 unspecified atom stereocenters. The number of hydrogen-bond donors (Lipinski definition) is 1. The van der Waals surface area contributed by atoms with E-state index in [1.807, 2.05) is 31.2 Å². The second-order valence-corrected chi connectivity index (χ2v) is 6.54. The standard InChI is InChI=1S/C17H20ClN3O3/c1-12(10-13-4-2-3-5-14(13)18)15(22)20-17(6-8-23-9-7-17)16-19-11-24-21-16/h2-5,11-12H,6-10H2,1H3,(H,20,22). The lowest BCUT2D eigenvalue weighted by atomic mass is 9.88. The van der Waals surface area contributed by atoms with Gasteiger partial charge in [0.2, 0.25) is 12.3 Å². The predicted octanol–water partition coefficient (Wildman–Crippen LogP) is 2.72. The Hall–Kier alpha value is -1.92. The minimum atomic E-state index is -0.628. The van der Waals surface area contributed by atoms with Gasteiger partial charge in [-0.3, -0.25) is 4.79 Å². The quantitative estimate of drug-likeness (QED) is 0.898. The predicted molar refractivity (Wildman–Crippen MR) is 88.5 cm³/mol. The minimum Gasteiger partial charge on any atom is -0.381 e. The van der Waals surface area contributed by atoms with Crippen molar-refractivity contribution in [1.82, 2.24) is 15.5 Å². The van der Waals surface area contributed by atoms with Crippen LogP contribution in [0.1, 0.15) is 31.2 Å². The second kappa shape index (κ2) is 7.32. The maximum Gasteiger partial charge on any atom is 0.223 e. The van der Waals surface area contributed by atoms with Gasteiger partial charge >= 0.3 is 0 Å². The summed E-state index contributed by atoms with van der Waals surface area (Å²) < 4.78 is 10.3. The molecule has 0 aliphatic carbocycles. The zero-order valence-corrected chi connectivity index (χ0v) is 14.3. The third-order valence-corrected chi connectivity index (χ3v) is 4.80. The summed E-state index contributed by atoms with van der Waals surface area (Å²) in [7, 11) is 0. The average Bonchev–Trinajstić information content (AvgIpc) is 3.13. The Morgan fingerprint density at radius 1 is 1.38 bits per heavy atom. The molecule has 7 heteroatoms. The molecule has 3 rings (SSSR count). The number of nitrogens with one attached hydrogen (secondary N) is 1. The highest BCUT2D eigenvalue weighted by Gasteiger charge is 2.40. The monoisotopic (exact) mass is 349 g/mol. The number of amides is 1. The molecule has 1 aromatic carbocycles. The molecule has 1 aliphatic heterocycles. The molecule has 1 aliphatic rings. The third kappa shape index (κ3) is 3.60. The number of rotatable bonds is 5. The molecule has 0 saturated carbocycles. The Kier molecular flexibility index (Phi) is 5.16. The van der Waals surface area contributed by atoms with Gasteiger partial charge in [-0.05, 0) is 18.1 Å². The molecule has 128 valence electrons. The van der Waals surface area contributed by atoms with E-state index in [1.165, 1.54) is 6.39 Å². The molecule has 2 aromatic rings. The Bertz CT molecular complexity index is 684. The van der Waals surface area contributed by atoms with Crippen LogP contribution < -0.4 is 5.32 Å². The number of aromatic nitrogens is 2. The molecule has 1 saturated heterocycles. The highest BCUT2D eigenvalue weighted by Crippen LogP contribution is 2.30. The van der Waals surface area contributed by atoms with Crippen LogP contribution in [0.4, 0.5) is 0 Å². The average molecular weight is 350 g/mol. The van der Waals surface area contributed by atoms with Crippen LogP contribution in [0.2, 0.25) is 5.02 Å². The Morgan fingerprint density at radius 3 is 2.79 bits per heavy atom. The van der Waals surface area contributed by atoms with Crippen LogP contribution >= 0.6 is 11.6 Å². The number of benzene rings is 1. The molecule has 0 spiro atoms. The van der Waals surface area contributed by atoms with Gasteiger partial charge in [-0.25, -0.2) is 0 Å². The van der Waals surface area contributed by atoms with E-state index in [-0.39, 0.29) is 11.8 Å². The number of halogens is 1. The van der Waals surface area contributed by atoms with E-state index in [2.05, 4.69) is 15.5 Å². The lowest BCUT2D eigenvalue weighted by molar-refractivity contribution is -0.128. The zero-order chi connectivity index (χ0) is 17.0. The maximum absolute atomic E-state index is 12.7. The van der Waals surface area contributed by atoms with E-state index in [9.17, 15) is 4.79 Å². The molecule has 1 fully saturated rings. The van der Waals surface area contributed by atoms with Gasteiger partial charge in [0.15, 0.2) is 5.82 Å². The van der Waals surface area contributed by atoms with Crippen molar-refractivity contribution in [3.8, 4) is 0 Å². The number of hydrogen-bond acceptors (Lipinski definition) is 5. The van der Waals surface area contributed by atoms with Crippen LogP contribution in [0.3, 0.4) is 0 Å². The molecule has 1 N–H and O–H groups in total. The van der Waals surface area contributed by atoms with Crippen molar-refractivity contribution in [2.75, 3.05) is 13.2 Å². The molecule has 0 radical (unpaired) electrons. The summed E-state index contributed by atoms with van der Waals surface area (Å²) in [6, 6.07) is 7.57. The summed E-state index contributed by atoms with van der Waals surface area (Å²) in [5.41, 5.74) is 0.333. The largest absolute Gasteiger partial charge is 0.381 e. The van der Waals surface area contributed by atoms with E-state index in [4.69, 9.17) is 20.9 Å². The van der Waals surface area contributed by atoms with Crippen molar-refractivity contribution in [2.24, 2.45) is 5.92 Å². The van der Waals surface area contributed by atoms with Gasteiger partial charge < -0.3 is 14.6 Å². The summed E-state index contributed by atoms with van der Waals surface area (Å²) in [5, 5.41) is 7.75. The van der Waals surface area contributed by atoms with E-state index in [1.54, 1.807) is 0 Å². The Labute approximate surface area is 145 Å². The van der Waals surface area contributed by atoms with Gasteiger partial charge in [0, 0.05) is 37.0 Å². The Morgan fingerprint density at radius 2 is 2.12 bits per heavy atom. The molecule has 0 bridgehead atoms. The second-order valence-electron chi connectivity index (χ2n) is 6.14. The van der Waals surface area contributed by atoms with Crippen molar-refractivity contribution < 1.29 is 14.1 Å². The lowest BCUT2D eigenvalue weighted by Gasteiger charge is -2.36. The summed E-state index contributed by atoms with van der Waals surface area (Å²) in [6.45, 7) is 2.99. The maximum atomic E-state index is 12.7. The smallest absolute Gasteiger partial charge is 0.223 e. The van der Waals surface area contributed by atoms with Gasteiger partial charge in [0.25, 0.3) is 0 Å². The van der Waals surface area contributed by atoms with E-state index in [0.29, 0.717) is 43.3 Å². The third-order valence-electron chi connectivity index (χ3n) is 4.43. The van der Waals surface area contributed by atoms with Crippen LogP contribution in [0, 0.1) is 5.92 Å². The molecule has 2 heterocycles. The van der Waals surface area contributed by atoms with Crippen LogP contribution in [-0.4, -0.2) is 29.3 Å². The first kappa shape index (κ1) is 16.9. The molecule has 1 amide bonds. The normalized spacial score (nSPS) is 18.1. The van der Waals surface area contributed by atoms with Crippen LogP contribution in [0.5, 0.6) is 0 Å². The highest BCUT2D eigenvalue weighted by atomic mass is 35.5. The van der Waals surface area contributed by atoms with Gasteiger partial charge in [-0.2, -0.15) is 4.98 Å². The number of nitrogens with zero attached hydrogens (tertiary/aromatic N) is 2. The van der Waals surface area contributed by atoms with Crippen molar-refractivity contribution in [3.05, 3.63) is 47.1 Å². The van der Waals surface area contributed by atoms with Crippen molar-refractivity contribution >= 4 is 17.5 Å². The molecular formula is C17H20ClN3O3. The zero-order valence-electron chi connectivity index (χ0n) is 13.5. The van der Waals surface area contributed by atoms with Crippen molar-refractivity contribution in [1.29, 1.82) is 0 Å². The first-order chi connectivity index (χ1) is 11.6. The fourth-order valence-corrected chi connectivity index (χ4v) is 3.16. The molecule has 1 aromatic heterocycles. The first-order valence-corrected chi connectivity index (χ1v) is 8.38. The van der Waals surface area contributed by atoms with Crippen molar-refractivity contribution in [3.63, 3.8) is 0 Å². The van der Waals surface area contributed by atoms with Crippen LogP contribution in [-0.2, 0) is 21.5 Å². The lowest BCUT2D eigenvalue weighted by Crippen LogP contribution is -2.51. The minimum absolute atomic E-state index is 0.0541. The topological polar surface area (TPSA) is 77.3 Å². The summed E-state index contributed by atoms with van der Waals surface area (Å²) in [5.74, 6) is 0.224. The SMILES string of the molecule is CC(Cc1ccccc1Cl)C(=O)NC1(c2ncon2)CCOCC1. The van der Waals surface area contributed by atoms with E-state index < -0.39 is 5.54 Å². The highest BCUT2D eigenvalue weighted by molar-refractivity contribution is 6.31. The summed E-state index contributed by atoms with van der Waals surface area (Å²) in [6.07, 6.45) is 3.10. The number of ether oxygens (including phenoxy) is 1. The molecule has 1 atom stereocenters. The Balaban J connectivity index is 1.73. The fraction of sp³-hybridized carbons (Fsp3) is 0.471. The molecule has 6 nitrogen and oxygen atoms in total. The summed E-state index contributed by atoms with van der Waals surface area (Å²) in [4.78, 5) is 16.9. The van der Waals surface area contributed by atoms with Gasteiger partial charge in [0.05, 0.1) is 0 Å². The van der Waals surface area contributed by atoms with Gasteiger partial charge in [0.1, 0.15) is 5.54 Å². The first-order valence-electron chi connectivity index (χ1n) is 8.01. The number of carbonyl (C=O) groups excluding carboxylic acids is 1. The molecular weight excluding hydrogens is 330 g/mol. The van der Waals surface area contributed by atoms with E-state index >= 15 is 0 Å². The van der Waals surface area contributed by atoms with Crippen LogP contribution in [0.25, 0.3) is 0 Å². The molecule has 24 heavy (non-hydrogen) atoms. The van der Waals surface area contributed by atoms with Gasteiger partial charge in [-0.15, -0.1) is 0 Å². The van der Waals surface area contributed by atoms with E-state index in [0.717, 1.165) is 5.56 Å².